The highest BCUT2D eigenvalue weighted by Crippen LogP contribution is 2.29. The Balaban J connectivity index is 2.03. The van der Waals surface area contributed by atoms with Crippen LogP contribution in [0.15, 0.2) is 36.4 Å². The van der Waals surface area contributed by atoms with Gasteiger partial charge in [0.15, 0.2) is 0 Å². The first kappa shape index (κ1) is 23.3. The van der Waals surface area contributed by atoms with Gasteiger partial charge in [0.25, 0.3) is 0 Å². The van der Waals surface area contributed by atoms with Crippen molar-refractivity contribution in [2.24, 2.45) is 0 Å². The van der Waals surface area contributed by atoms with E-state index < -0.39 is 22.0 Å². The lowest BCUT2D eigenvalue weighted by atomic mass is 10.1. The predicted octanol–water partition coefficient (Wildman–Crippen LogP) is 3.96. The predicted molar refractivity (Wildman–Crippen MR) is 118 cm³/mol. The van der Waals surface area contributed by atoms with Crippen molar-refractivity contribution in [2.75, 3.05) is 23.7 Å². The molecule has 2 aromatic carbocycles. The van der Waals surface area contributed by atoms with Crippen molar-refractivity contribution in [2.45, 2.75) is 26.8 Å². The Morgan fingerprint density at radius 3 is 2.48 bits per heavy atom. The van der Waals surface area contributed by atoms with Crippen molar-refractivity contribution in [1.82, 2.24) is 5.32 Å². The number of ether oxygens (including phenoxy) is 1. The molecular formula is C20H24Cl2N2O4S. The summed E-state index contributed by atoms with van der Waals surface area (Å²) in [6.07, 6.45) is 1.03. The number of anilines is 1. The second-order valence-electron chi connectivity index (χ2n) is 6.67. The maximum atomic E-state index is 12.6. The summed E-state index contributed by atoms with van der Waals surface area (Å²) in [5.41, 5.74) is 2.41. The molecule has 0 saturated heterocycles. The normalized spacial score (nSPS) is 12.3. The molecular weight excluding hydrogens is 435 g/mol. The minimum Gasteiger partial charge on any atom is -0.491 e. The molecule has 0 aromatic heterocycles. The zero-order valence-corrected chi connectivity index (χ0v) is 19.0. The molecule has 1 atom stereocenters. The van der Waals surface area contributed by atoms with Crippen LogP contribution in [-0.4, -0.2) is 39.8 Å². The third-order valence-electron chi connectivity index (χ3n) is 4.46. The molecule has 0 bridgehead atoms. The van der Waals surface area contributed by atoms with Crippen LogP contribution in [0.2, 0.25) is 10.0 Å². The largest absolute Gasteiger partial charge is 0.491 e. The summed E-state index contributed by atoms with van der Waals surface area (Å²) in [4.78, 5) is 12.6. The summed E-state index contributed by atoms with van der Waals surface area (Å²) in [5.74, 6) is 0.298. The average molecular weight is 459 g/mol. The first-order valence-corrected chi connectivity index (χ1v) is 11.5. The number of nitrogens with zero attached hydrogens (tertiary/aromatic N) is 1. The van der Waals surface area contributed by atoms with Gasteiger partial charge in [0.2, 0.25) is 15.9 Å². The summed E-state index contributed by atoms with van der Waals surface area (Å²) in [7, 11) is -3.74. The molecule has 0 aliphatic carbocycles. The van der Waals surface area contributed by atoms with E-state index in [-0.39, 0.29) is 23.9 Å². The second kappa shape index (κ2) is 9.69. The molecule has 0 fully saturated rings. The van der Waals surface area contributed by atoms with Gasteiger partial charge in [-0.1, -0.05) is 35.3 Å². The minimum atomic E-state index is -3.74. The van der Waals surface area contributed by atoms with Crippen LogP contribution in [0.25, 0.3) is 0 Å². The van der Waals surface area contributed by atoms with Gasteiger partial charge in [-0.2, -0.15) is 0 Å². The molecule has 9 heteroatoms. The Morgan fingerprint density at radius 2 is 1.86 bits per heavy atom. The zero-order chi connectivity index (χ0) is 21.8. The molecule has 158 valence electrons. The number of carbonyl (C=O) groups excluding carboxylic acids is 1. The van der Waals surface area contributed by atoms with Crippen LogP contribution < -0.4 is 14.4 Å². The Morgan fingerprint density at radius 1 is 1.17 bits per heavy atom. The second-order valence-corrected chi connectivity index (χ2v) is 9.34. The molecule has 0 unspecified atom stereocenters. The van der Waals surface area contributed by atoms with E-state index in [4.69, 9.17) is 27.9 Å². The third kappa shape index (κ3) is 6.01. The Hall–Kier alpha value is -1.96. The quantitative estimate of drug-likeness (QED) is 0.607. The van der Waals surface area contributed by atoms with Gasteiger partial charge in [0.05, 0.1) is 28.5 Å². The van der Waals surface area contributed by atoms with E-state index in [9.17, 15) is 13.2 Å². The van der Waals surface area contributed by atoms with Crippen LogP contribution in [0.4, 0.5) is 5.69 Å². The molecule has 0 saturated carbocycles. The van der Waals surface area contributed by atoms with Crippen molar-refractivity contribution in [1.29, 1.82) is 0 Å². The first-order valence-electron chi connectivity index (χ1n) is 8.93. The summed E-state index contributed by atoms with van der Waals surface area (Å²) < 4.78 is 31.3. The van der Waals surface area contributed by atoms with E-state index >= 15 is 0 Å². The first-order chi connectivity index (χ1) is 13.5. The number of nitrogens with one attached hydrogen (secondary N) is 1. The summed E-state index contributed by atoms with van der Waals surface area (Å²) >= 11 is 11.9. The summed E-state index contributed by atoms with van der Waals surface area (Å²) in [6.45, 7) is 5.95. The monoisotopic (exact) mass is 458 g/mol. The third-order valence-corrected chi connectivity index (χ3v) is 6.44. The van der Waals surface area contributed by atoms with Crippen molar-refractivity contribution in [3.8, 4) is 5.75 Å². The van der Waals surface area contributed by atoms with Crippen LogP contribution in [0, 0.1) is 13.8 Å². The van der Waals surface area contributed by atoms with Crippen LogP contribution in [0.3, 0.4) is 0 Å². The Kier molecular flexibility index (Phi) is 7.80. The lowest BCUT2D eigenvalue weighted by Gasteiger charge is -2.28. The molecule has 6 nitrogen and oxygen atoms in total. The van der Waals surface area contributed by atoms with E-state index in [0.717, 1.165) is 27.4 Å². The number of halogens is 2. The van der Waals surface area contributed by atoms with Crippen LogP contribution in [-0.2, 0) is 14.8 Å². The van der Waals surface area contributed by atoms with Gasteiger partial charge >= 0.3 is 0 Å². The fourth-order valence-corrected chi connectivity index (χ4v) is 4.25. The average Bonchev–Trinajstić information content (AvgIpc) is 2.63. The fraction of sp³-hybridized carbons (Fsp3) is 0.350. The molecule has 1 N–H and O–H groups in total. The maximum Gasteiger partial charge on any atom is 0.243 e. The van der Waals surface area contributed by atoms with Crippen LogP contribution >= 0.6 is 23.2 Å². The highest BCUT2D eigenvalue weighted by atomic mass is 35.5. The van der Waals surface area contributed by atoms with Crippen molar-refractivity contribution < 1.29 is 17.9 Å². The Bertz CT molecular complexity index is 996. The van der Waals surface area contributed by atoms with E-state index in [2.05, 4.69) is 5.32 Å². The van der Waals surface area contributed by atoms with Gasteiger partial charge in [0, 0.05) is 0 Å². The summed E-state index contributed by atoms with van der Waals surface area (Å²) in [5, 5.41) is 3.20. The maximum absolute atomic E-state index is 12.6. The van der Waals surface area contributed by atoms with Crippen LogP contribution in [0.5, 0.6) is 5.75 Å². The van der Waals surface area contributed by atoms with E-state index in [1.54, 1.807) is 0 Å². The molecule has 29 heavy (non-hydrogen) atoms. The Labute approximate surface area is 181 Å². The number of amides is 1. The fourth-order valence-electron chi connectivity index (χ4n) is 2.79. The highest BCUT2D eigenvalue weighted by Gasteiger charge is 2.29. The number of hydrogen-bond acceptors (Lipinski definition) is 4. The van der Waals surface area contributed by atoms with E-state index in [1.807, 2.05) is 32.0 Å². The molecule has 2 aromatic rings. The van der Waals surface area contributed by atoms with Crippen LogP contribution in [0.1, 0.15) is 18.1 Å². The molecule has 0 radical (unpaired) electrons. The number of rotatable bonds is 8. The number of carbonyl (C=O) groups is 1. The van der Waals surface area contributed by atoms with Gasteiger partial charge in [-0.15, -0.1) is 0 Å². The number of benzene rings is 2. The van der Waals surface area contributed by atoms with Crippen molar-refractivity contribution in [3.63, 3.8) is 0 Å². The molecule has 2 rings (SSSR count). The van der Waals surface area contributed by atoms with Crippen molar-refractivity contribution >= 4 is 44.8 Å². The number of sulfonamides is 1. The van der Waals surface area contributed by atoms with Gasteiger partial charge in [-0.3, -0.25) is 9.10 Å². The number of aryl methyl sites for hydroxylation is 1. The zero-order valence-electron chi connectivity index (χ0n) is 16.7. The smallest absolute Gasteiger partial charge is 0.243 e. The summed E-state index contributed by atoms with van der Waals surface area (Å²) in [6, 6.07) is 9.18. The highest BCUT2D eigenvalue weighted by molar-refractivity contribution is 7.92. The van der Waals surface area contributed by atoms with Gasteiger partial charge in [-0.05, 0) is 56.2 Å². The molecule has 0 aliphatic heterocycles. The SMILES string of the molecule is Cc1cccc(OCCNC(=O)[C@@H](C)N(c2ccc(Cl)c(Cl)c2)S(C)(=O)=O)c1C. The minimum absolute atomic E-state index is 0.201. The van der Waals surface area contributed by atoms with Crippen molar-refractivity contribution in [3.05, 3.63) is 57.6 Å². The molecule has 0 spiro atoms. The lowest BCUT2D eigenvalue weighted by Crippen LogP contribution is -2.48. The van der Waals surface area contributed by atoms with Gasteiger partial charge < -0.3 is 10.1 Å². The van der Waals surface area contributed by atoms with E-state index in [0.29, 0.717) is 5.02 Å². The molecule has 1 amide bonds. The standard InChI is InChI=1S/C20H24Cl2N2O4S/c1-13-6-5-7-19(14(13)2)28-11-10-23-20(25)15(3)24(29(4,26)27)16-8-9-17(21)18(22)12-16/h5-9,12,15H,10-11H2,1-4H3,(H,23,25)/t15-/m1/s1. The van der Waals surface area contributed by atoms with Gasteiger partial charge in [-0.25, -0.2) is 8.42 Å². The molecule has 0 aliphatic rings. The van der Waals surface area contributed by atoms with Gasteiger partial charge in [0.1, 0.15) is 18.4 Å². The van der Waals surface area contributed by atoms with E-state index in [1.165, 1.54) is 25.1 Å². The lowest BCUT2D eigenvalue weighted by molar-refractivity contribution is -0.121. The molecule has 0 heterocycles. The number of hydrogen-bond donors (Lipinski definition) is 1. The topological polar surface area (TPSA) is 75.7 Å².